The summed E-state index contributed by atoms with van der Waals surface area (Å²) in [4.78, 5) is 2.09. The Bertz CT molecular complexity index is 376. The van der Waals surface area contributed by atoms with Gasteiger partial charge in [-0.2, -0.15) is 0 Å². The lowest BCUT2D eigenvalue weighted by atomic mass is 9.97. The van der Waals surface area contributed by atoms with Crippen molar-refractivity contribution in [1.82, 2.24) is 4.90 Å². The molecule has 2 N–H and O–H groups in total. The first-order chi connectivity index (χ1) is 7.16. The molecule has 1 aliphatic rings. The van der Waals surface area contributed by atoms with Crippen molar-refractivity contribution >= 4 is 17.3 Å². The van der Waals surface area contributed by atoms with Crippen molar-refractivity contribution in [1.29, 1.82) is 0 Å². The van der Waals surface area contributed by atoms with Crippen LogP contribution in [0.3, 0.4) is 0 Å². The number of nitrogens with two attached hydrogens (primary N) is 1. The molecule has 1 heterocycles. The molecule has 0 radical (unpaired) electrons. The largest absolute Gasteiger partial charge is 0.376 e. The summed E-state index contributed by atoms with van der Waals surface area (Å²) in [5, 5.41) is 0.533. The Hall–Kier alpha value is -1.09. The van der Waals surface area contributed by atoms with Crippen LogP contribution in [0, 0.1) is 6.92 Å². The average Bonchev–Trinajstić information content (AvgIpc) is 2.66. The van der Waals surface area contributed by atoms with Gasteiger partial charge in [0.05, 0.1) is 0 Å². The Labute approximate surface area is 96.1 Å². The third kappa shape index (κ3) is 2.29. The number of aryl methyl sites for hydroxylation is 1. The first-order valence-corrected chi connectivity index (χ1v) is 5.68. The molecule has 1 atom stereocenters. The van der Waals surface area contributed by atoms with Crippen LogP contribution in [0.1, 0.15) is 23.5 Å². The molecule has 80 valence electrons. The Morgan fingerprint density at radius 2 is 2.33 bits per heavy atom. The van der Waals surface area contributed by atoms with Crippen molar-refractivity contribution in [3.8, 4) is 0 Å². The molecule has 0 spiro atoms. The van der Waals surface area contributed by atoms with Gasteiger partial charge in [-0.15, -0.1) is 0 Å². The van der Waals surface area contributed by atoms with Crippen molar-refractivity contribution in [2.24, 2.45) is 5.73 Å². The Kier molecular flexibility index (Phi) is 2.91. The van der Waals surface area contributed by atoms with Gasteiger partial charge in [0, 0.05) is 19.0 Å². The van der Waals surface area contributed by atoms with E-state index in [9.17, 15) is 0 Å². The van der Waals surface area contributed by atoms with Crippen LogP contribution in [0.25, 0.3) is 0 Å². The monoisotopic (exact) mass is 220 g/mol. The van der Waals surface area contributed by atoms with E-state index in [4.69, 9.17) is 18.0 Å². The number of benzene rings is 1. The lowest BCUT2D eigenvalue weighted by Gasteiger charge is -2.16. The van der Waals surface area contributed by atoms with Crippen LogP contribution < -0.4 is 5.73 Å². The molecule has 0 amide bonds. The van der Waals surface area contributed by atoms with Gasteiger partial charge in [0.15, 0.2) is 5.11 Å². The number of hydrogen-bond acceptors (Lipinski definition) is 1. The highest BCUT2D eigenvalue weighted by molar-refractivity contribution is 7.80. The van der Waals surface area contributed by atoms with Crippen LogP contribution in [-0.4, -0.2) is 23.1 Å². The molecule has 1 aromatic carbocycles. The summed E-state index contributed by atoms with van der Waals surface area (Å²) < 4.78 is 0. The molecular formula is C12H16N2S. The summed E-state index contributed by atoms with van der Waals surface area (Å²) in [6.45, 7) is 4.09. The molecule has 1 aromatic rings. The number of hydrogen-bond donors (Lipinski definition) is 1. The van der Waals surface area contributed by atoms with Gasteiger partial charge >= 0.3 is 0 Å². The van der Waals surface area contributed by atoms with Crippen LogP contribution in [0.4, 0.5) is 0 Å². The van der Waals surface area contributed by atoms with Crippen molar-refractivity contribution in [2.45, 2.75) is 19.3 Å². The maximum atomic E-state index is 5.63. The molecule has 2 rings (SSSR count). The van der Waals surface area contributed by atoms with Crippen LogP contribution in [0.2, 0.25) is 0 Å². The zero-order chi connectivity index (χ0) is 10.8. The zero-order valence-corrected chi connectivity index (χ0v) is 9.76. The van der Waals surface area contributed by atoms with Crippen LogP contribution in [-0.2, 0) is 0 Å². The van der Waals surface area contributed by atoms with E-state index < -0.39 is 0 Å². The van der Waals surface area contributed by atoms with E-state index in [1.165, 1.54) is 11.1 Å². The van der Waals surface area contributed by atoms with Crippen molar-refractivity contribution in [2.75, 3.05) is 13.1 Å². The van der Waals surface area contributed by atoms with Gasteiger partial charge in [0.2, 0.25) is 0 Å². The molecule has 0 bridgehead atoms. The second kappa shape index (κ2) is 4.19. The van der Waals surface area contributed by atoms with E-state index in [1.54, 1.807) is 0 Å². The van der Waals surface area contributed by atoms with Crippen LogP contribution in [0.5, 0.6) is 0 Å². The van der Waals surface area contributed by atoms with E-state index in [2.05, 4.69) is 36.1 Å². The van der Waals surface area contributed by atoms with E-state index in [0.717, 1.165) is 19.5 Å². The second-order valence-electron chi connectivity index (χ2n) is 4.18. The molecule has 0 saturated carbocycles. The third-order valence-corrected chi connectivity index (χ3v) is 3.27. The van der Waals surface area contributed by atoms with Gasteiger partial charge in [-0.1, -0.05) is 29.8 Å². The fraction of sp³-hybridized carbons (Fsp3) is 0.417. The van der Waals surface area contributed by atoms with Gasteiger partial charge in [-0.25, -0.2) is 0 Å². The summed E-state index contributed by atoms with van der Waals surface area (Å²) in [7, 11) is 0. The lowest BCUT2D eigenvalue weighted by molar-refractivity contribution is 0.514. The molecule has 1 aliphatic heterocycles. The van der Waals surface area contributed by atoms with E-state index in [0.29, 0.717) is 11.0 Å². The molecule has 1 fully saturated rings. The number of nitrogens with zero attached hydrogens (tertiary/aromatic N) is 1. The molecule has 0 aliphatic carbocycles. The third-order valence-electron chi connectivity index (χ3n) is 3.01. The minimum absolute atomic E-state index is 0.533. The molecule has 3 heteroatoms. The highest BCUT2D eigenvalue weighted by Crippen LogP contribution is 2.27. The normalized spacial score (nSPS) is 20.6. The minimum Gasteiger partial charge on any atom is -0.376 e. The fourth-order valence-electron chi connectivity index (χ4n) is 2.16. The predicted molar refractivity (Wildman–Crippen MR) is 66.9 cm³/mol. The van der Waals surface area contributed by atoms with Gasteiger partial charge in [-0.3, -0.25) is 0 Å². The van der Waals surface area contributed by atoms with Crippen molar-refractivity contribution in [3.63, 3.8) is 0 Å². The Balaban J connectivity index is 2.11. The standard InChI is InChI=1S/C12H16N2S/c1-9-3-2-4-10(7-9)11-5-6-14(8-11)12(13)15/h2-4,7,11H,5-6,8H2,1H3,(H2,13,15). The molecule has 15 heavy (non-hydrogen) atoms. The maximum Gasteiger partial charge on any atom is 0.166 e. The second-order valence-corrected chi connectivity index (χ2v) is 4.60. The summed E-state index contributed by atoms with van der Waals surface area (Å²) >= 11 is 4.99. The van der Waals surface area contributed by atoms with Crippen molar-refractivity contribution < 1.29 is 0 Å². The highest BCUT2D eigenvalue weighted by Gasteiger charge is 2.24. The number of rotatable bonds is 1. The minimum atomic E-state index is 0.533. The van der Waals surface area contributed by atoms with Gasteiger partial charge < -0.3 is 10.6 Å². The van der Waals surface area contributed by atoms with Gasteiger partial charge in [-0.05, 0) is 31.1 Å². The zero-order valence-electron chi connectivity index (χ0n) is 8.94. The number of thiocarbonyl (C=S) groups is 1. The molecular weight excluding hydrogens is 204 g/mol. The van der Waals surface area contributed by atoms with E-state index in [1.807, 2.05) is 0 Å². The first kappa shape index (κ1) is 10.4. The van der Waals surface area contributed by atoms with Crippen molar-refractivity contribution in [3.05, 3.63) is 35.4 Å². The topological polar surface area (TPSA) is 29.3 Å². The molecule has 2 nitrogen and oxygen atoms in total. The van der Waals surface area contributed by atoms with E-state index in [-0.39, 0.29) is 0 Å². The fourth-order valence-corrected chi connectivity index (χ4v) is 2.32. The smallest absolute Gasteiger partial charge is 0.166 e. The molecule has 0 aromatic heterocycles. The average molecular weight is 220 g/mol. The summed E-state index contributed by atoms with van der Waals surface area (Å²) in [6.07, 6.45) is 1.15. The molecule has 1 unspecified atom stereocenters. The summed E-state index contributed by atoms with van der Waals surface area (Å²) in [6, 6.07) is 8.70. The maximum absolute atomic E-state index is 5.63. The van der Waals surface area contributed by atoms with E-state index >= 15 is 0 Å². The van der Waals surface area contributed by atoms with Crippen LogP contribution in [0.15, 0.2) is 24.3 Å². The predicted octanol–water partition coefficient (Wildman–Crippen LogP) is 2.03. The highest BCUT2D eigenvalue weighted by atomic mass is 32.1. The SMILES string of the molecule is Cc1cccc(C2CCN(C(N)=S)C2)c1. The Morgan fingerprint density at radius 3 is 2.93 bits per heavy atom. The van der Waals surface area contributed by atoms with Crippen LogP contribution >= 0.6 is 12.2 Å². The summed E-state index contributed by atoms with van der Waals surface area (Å²) in [5.74, 6) is 0.589. The first-order valence-electron chi connectivity index (χ1n) is 5.28. The van der Waals surface area contributed by atoms with Gasteiger partial charge in [0.25, 0.3) is 0 Å². The Morgan fingerprint density at radius 1 is 1.53 bits per heavy atom. The lowest BCUT2D eigenvalue weighted by Crippen LogP contribution is -2.33. The summed E-state index contributed by atoms with van der Waals surface area (Å²) in [5.41, 5.74) is 8.36. The number of likely N-dealkylation sites (tertiary alicyclic amines) is 1. The quantitative estimate of drug-likeness (QED) is 0.734. The molecule has 1 saturated heterocycles. The van der Waals surface area contributed by atoms with Gasteiger partial charge in [0.1, 0.15) is 0 Å².